The highest BCUT2D eigenvalue weighted by Gasteiger charge is 2.57. The molecule has 0 radical (unpaired) electrons. The van der Waals surface area contributed by atoms with Crippen LogP contribution >= 0.6 is 30.4 Å². The summed E-state index contributed by atoms with van der Waals surface area (Å²) in [6.45, 7) is 0. The quantitative estimate of drug-likeness (QED) is 0.0218. The molecular formula is C64H53N5O5PS2+. The fourth-order valence-corrected chi connectivity index (χ4v) is 17.0. The van der Waals surface area contributed by atoms with Crippen LogP contribution in [0.25, 0.3) is 0 Å². The lowest BCUT2D eigenvalue weighted by molar-refractivity contribution is -0.154. The van der Waals surface area contributed by atoms with E-state index in [1.807, 2.05) is 133 Å². The highest BCUT2D eigenvalue weighted by molar-refractivity contribution is 8.00. The van der Waals surface area contributed by atoms with E-state index in [2.05, 4.69) is 125 Å². The maximum absolute atomic E-state index is 15.5. The zero-order chi connectivity index (χ0) is 52.6. The molecule has 2 aliphatic heterocycles. The molecule has 0 saturated carbocycles. The van der Waals surface area contributed by atoms with Gasteiger partial charge >= 0.3 is 5.97 Å². The van der Waals surface area contributed by atoms with Crippen LogP contribution in [0.15, 0.2) is 264 Å². The van der Waals surface area contributed by atoms with Crippen LogP contribution in [-0.2, 0) is 29.5 Å². The van der Waals surface area contributed by atoms with Crippen molar-refractivity contribution in [3.05, 3.63) is 293 Å². The third-order valence-corrected chi connectivity index (χ3v) is 20.5. The van der Waals surface area contributed by atoms with Crippen molar-refractivity contribution in [2.24, 2.45) is 5.16 Å². The number of thiazole rings is 1. The van der Waals surface area contributed by atoms with Crippen molar-refractivity contribution in [3.63, 3.8) is 0 Å². The Labute approximate surface area is 456 Å². The molecule has 0 aliphatic carbocycles. The van der Waals surface area contributed by atoms with E-state index < -0.39 is 48.1 Å². The molecule has 3 heterocycles. The summed E-state index contributed by atoms with van der Waals surface area (Å²) in [4.78, 5) is 57.0. The van der Waals surface area contributed by atoms with Crippen molar-refractivity contribution in [2.75, 3.05) is 24.3 Å². The standard InChI is InChI=1S/C64H52N5O5PS2/c1-73-68-55(54-44-77-63(65-54)67-64(48-30-14-4-15-31-48,49-32-16-5-17-33-49)50-34-18-6-19-35-50)59(70)66-56-60(71)69-57(62(72)74-58(45-26-10-2-11-27-45)46-28-12-3-13-29-46)47(43-76-61(56)69)42-75(51-36-20-7-21-37-51,52-38-22-8-23-39-52)53-40-24-9-25-41-53/h2-41,44,56,58,61H,42-43H2,1H3,(H-,65,66,67,70)/p+1/b68-55-/t56?,61-/m0/s1. The van der Waals surface area contributed by atoms with Gasteiger partial charge in [-0.05, 0) is 64.2 Å². The normalized spacial score (nSPS) is 15.5. The van der Waals surface area contributed by atoms with Crippen LogP contribution < -0.4 is 26.5 Å². The summed E-state index contributed by atoms with van der Waals surface area (Å²) in [7, 11) is -1.21. The van der Waals surface area contributed by atoms with Gasteiger partial charge in [0.2, 0.25) is 0 Å². The Morgan fingerprint density at radius 3 is 1.52 bits per heavy atom. The van der Waals surface area contributed by atoms with Crippen molar-refractivity contribution in [1.29, 1.82) is 0 Å². The lowest BCUT2D eigenvalue weighted by atomic mass is 9.77. The molecule has 1 saturated heterocycles. The van der Waals surface area contributed by atoms with Crippen molar-refractivity contribution in [3.8, 4) is 0 Å². The predicted molar refractivity (Wildman–Crippen MR) is 311 cm³/mol. The number of ether oxygens (including phenoxy) is 1. The number of benzene rings is 8. The van der Waals surface area contributed by atoms with Gasteiger partial charge in [0, 0.05) is 16.7 Å². The molecule has 0 bridgehead atoms. The van der Waals surface area contributed by atoms with Crippen LogP contribution in [0.3, 0.4) is 0 Å². The van der Waals surface area contributed by atoms with E-state index in [1.54, 1.807) is 5.38 Å². The van der Waals surface area contributed by atoms with Gasteiger partial charge in [-0.3, -0.25) is 14.5 Å². The minimum atomic E-state index is -2.58. The second-order valence-corrected chi connectivity index (χ2v) is 24.0. The Balaban J connectivity index is 0.944. The van der Waals surface area contributed by atoms with E-state index in [-0.39, 0.29) is 17.1 Å². The van der Waals surface area contributed by atoms with Crippen LogP contribution in [-0.4, -0.2) is 63.8 Å². The first-order chi connectivity index (χ1) is 37.9. The minimum Gasteiger partial charge on any atom is -0.448 e. The summed E-state index contributed by atoms with van der Waals surface area (Å²) in [6.07, 6.45) is -0.332. The lowest BCUT2D eigenvalue weighted by Gasteiger charge is -2.50. The number of esters is 1. The van der Waals surface area contributed by atoms with Crippen LogP contribution in [0, 0.1) is 0 Å². The summed E-state index contributed by atoms with van der Waals surface area (Å²) >= 11 is 2.83. The van der Waals surface area contributed by atoms with E-state index in [4.69, 9.17) is 14.6 Å². The molecule has 77 heavy (non-hydrogen) atoms. The maximum atomic E-state index is 15.5. The fraction of sp³-hybridized carbons (Fsp3) is 0.109. The zero-order valence-electron chi connectivity index (χ0n) is 42.0. The van der Waals surface area contributed by atoms with Crippen LogP contribution in [0.5, 0.6) is 0 Å². The zero-order valence-corrected chi connectivity index (χ0v) is 44.5. The highest BCUT2D eigenvalue weighted by Crippen LogP contribution is 2.58. The Morgan fingerprint density at radius 1 is 0.649 bits per heavy atom. The molecular weight excluding hydrogens is 1010 g/mol. The molecule has 9 aromatic rings. The number of β-lactam (4-membered cyclic amide) rings is 1. The molecule has 10 nitrogen and oxygen atoms in total. The number of anilines is 1. The molecule has 8 aromatic carbocycles. The summed E-state index contributed by atoms with van der Waals surface area (Å²) < 4.78 is 6.67. The third-order valence-electron chi connectivity index (χ3n) is 14.0. The average molecular weight is 1070 g/mol. The topological polar surface area (TPSA) is 122 Å². The number of amides is 2. The Bertz CT molecular complexity index is 3310. The van der Waals surface area contributed by atoms with Crippen molar-refractivity contribution < 1.29 is 24.0 Å². The summed E-state index contributed by atoms with van der Waals surface area (Å²) in [5, 5.41) is 16.0. The largest absolute Gasteiger partial charge is 0.448 e. The van der Waals surface area contributed by atoms with Crippen LogP contribution in [0.2, 0.25) is 0 Å². The van der Waals surface area contributed by atoms with Gasteiger partial charge in [-0.1, -0.05) is 211 Å². The molecule has 13 heteroatoms. The summed E-state index contributed by atoms with van der Waals surface area (Å²) in [5.74, 6) is -1.35. The van der Waals surface area contributed by atoms with E-state index in [1.165, 1.54) is 35.1 Å². The first-order valence-corrected chi connectivity index (χ1v) is 29.1. The average Bonchev–Trinajstić information content (AvgIpc) is 3.99. The number of hydrogen-bond acceptors (Lipinski definition) is 10. The summed E-state index contributed by atoms with van der Waals surface area (Å²) in [5.41, 5.74) is 4.76. The molecule has 2 amide bonds. The number of fused-ring (bicyclic) bond motifs is 1. The van der Waals surface area contributed by atoms with Gasteiger partial charge in [-0.2, -0.15) is 0 Å². The number of thioether (sulfide) groups is 1. The van der Waals surface area contributed by atoms with Gasteiger partial charge in [-0.25, -0.2) is 9.78 Å². The first-order valence-electron chi connectivity index (χ1n) is 25.2. The molecule has 1 aromatic heterocycles. The fourth-order valence-electron chi connectivity index (χ4n) is 10.5. The van der Waals surface area contributed by atoms with E-state index in [9.17, 15) is 4.79 Å². The van der Waals surface area contributed by atoms with Gasteiger partial charge in [-0.15, -0.1) is 23.1 Å². The van der Waals surface area contributed by atoms with Gasteiger partial charge in [0.25, 0.3) is 11.8 Å². The minimum absolute atomic E-state index is 0.110. The molecule has 1 fully saturated rings. The smallest absolute Gasteiger partial charge is 0.356 e. The Morgan fingerprint density at radius 2 is 1.08 bits per heavy atom. The van der Waals surface area contributed by atoms with Crippen molar-refractivity contribution in [2.45, 2.75) is 23.1 Å². The van der Waals surface area contributed by atoms with Gasteiger partial charge in [0.05, 0.1) is 6.16 Å². The number of nitrogens with zero attached hydrogens (tertiary/aromatic N) is 3. The molecule has 2 N–H and O–H groups in total. The summed E-state index contributed by atoms with van der Waals surface area (Å²) in [6, 6.07) is 80.1. The van der Waals surface area contributed by atoms with E-state index in [0.29, 0.717) is 17.0 Å². The number of nitrogens with one attached hydrogen (secondary N) is 2. The molecule has 380 valence electrons. The van der Waals surface area contributed by atoms with Gasteiger partial charge < -0.3 is 20.2 Å². The predicted octanol–water partition coefficient (Wildman–Crippen LogP) is 10.9. The van der Waals surface area contributed by atoms with Gasteiger partial charge in [0.15, 0.2) is 16.9 Å². The number of aromatic nitrogens is 1. The highest BCUT2D eigenvalue weighted by atomic mass is 32.2. The van der Waals surface area contributed by atoms with Crippen molar-refractivity contribution in [1.82, 2.24) is 15.2 Å². The molecule has 0 spiro atoms. The second-order valence-electron chi connectivity index (χ2n) is 18.5. The third kappa shape index (κ3) is 9.99. The molecule has 2 aliphatic rings. The van der Waals surface area contributed by atoms with Crippen molar-refractivity contribution >= 4 is 74.9 Å². The number of carbonyl (C=O) groups is 3. The van der Waals surface area contributed by atoms with Crippen LogP contribution in [0.1, 0.15) is 39.6 Å². The molecule has 1 unspecified atom stereocenters. The van der Waals surface area contributed by atoms with E-state index >= 15 is 9.59 Å². The Hall–Kier alpha value is -8.41. The number of rotatable bonds is 18. The number of carbonyl (C=O) groups excluding carboxylic acids is 3. The van der Waals surface area contributed by atoms with Crippen LogP contribution in [0.4, 0.5) is 5.13 Å². The monoisotopic (exact) mass is 1070 g/mol. The number of oxime groups is 1. The Kier molecular flexibility index (Phi) is 15.0. The maximum Gasteiger partial charge on any atom is 0.356 e. The lowest BCUT2D eigenvalue weighted by Crippen LogP contribution is -2.71. The second kappa shape index (κ2) is 22.8. The molecule has 11 rings (SSSR count). The molecule has 2 atom stereocenters. The van der Waals surface area contributed by atoms with Gasteiger partial charge in [0.1, 0.15) is 58.6 Å². The SMILES string of the molecule is CO/N=C(\C(=O)NC1C(=O)N2C(C(=O)OC(c3ccccc3)c3ccccc3)=C(C[P+](c3ccccc3)(c3ccccc3)c3ccccc3)CS[C@@H]12)c1csc(NC(c2ccccc2)(c2ccccc2)c2ccccc2)n1. The number of hydrogen-bond donors (Lipinski definition) is 2. The van der Waals surface area contributed by atoms with E-state index in [0.717, 1.165) is 49.3 Å². The first kappa shape index (κ1) is 50.7.